The molecule has 18 heavy (non-hydrogen) atoms. The second-order valence-corrected chi connectivity index (χ2v) is 6.07. The molecule has 0 saturated carbocycles. The molecule has 0 radical (unpaired) electrons. The Morgan fingerprint density at radius 2 is 2.28 bits per heavy atom. The van der Waals surface area contributed by atoms with Crippen LogP contribution < -0.4 is 5.32 Å². The minimum atomic E-state index is 0.363. The first-order valence-corrected chi connectivity index (χ1v) is 7.59. The Hall–Kier alpha value is -0.520. The molecule has 0 aliphatic heterocycles. The molecule has 1 aromatic heterocycles. The molecule has 0 spiro atoms. The van der Waals surface area contributed by atoms with Crippen LogP contribution in [-0.2, 0) is 11.3 Å². The molecule has 0 saturated heterocycles. The maximum Gasteiger partial charge on any atom is 0.0659 e. The first-order chi connectivity index (χ1) is 8.69. The van der Waals surface area contributed by atoms with Crippen LogP contribution in [0.2, 0.25) is 0 Å². The van der Waals surface area contributed by atoms with Crippen LogP contribution in [0.4, 0.5) is 0 Å². The van der Waals surface area contributed by atoms with E-state index in [9.17, 15) is 0 Å². The lowest BCUT2D eigenvalue weighted by atomic mass is 10.2. The zero-order valence-corrected chi connectivity index (χ0v) is 12.7. The third-order valence-electron chi connectivity index (χ3n) is 2.66. The van der Waals surface area contributed by atoms with Gasteiger partial charge in [0.25, 0.3) is 0 Å². The van der Waals surface area contributed by atoms with E-state index in [2.05, 4.69) is 37.3 Å². The predicted molar refractivity (Wildman–Crippen MR) is 78.1 cm³/mol. The highest BCUT2D eigenvalue weighted by atomic mass is 32.2. The van der Waals surface area contributed by atoms with E-state index in [1.807, 2.05) is 22.6 Å². The molecule has 0 aliphatic rings. The maximum absolute atomic E-state index is 5.12. The molecule has 0 amide bonds. The van der Waals surface area contributed by atoms with Gasteiger partial charge in [0, 0.05) is 19.1 Å². The van der Waals surface area contributed by atoms with Gasteiger partial charge >= 0.3 is 0 Å². The zero-order valence-electron chi connectivity index (χ0n) is 11.8. The van der Waals surface area contributed by atoms with Gasteiger partial charge in [-0.3, -0.25) is 4.68 Å². The van der Waals surface area contributed by atoms with Crippen molar-refractivity contribution in [1.82, 2.24) is 15.1 Å². The van der Waals surface area contributed by atoms with Gasteiger partial charge in [0.2, 0.25) is 0 Å². The van der Waals surface area contributed by atoms with Crippen molar-refractivity contribution in [2.75, 3.05) is 26.0 Å². The van der Waals surface area contributed by atoms with Crippen LogP contribution in [0, 0.1) is 0 Å². The van der Waals surface area contributed by atoms with Crippen molar-refractivity contribution in [3.05, 3.63) is 18.0 Å². The molecule has 104 valence electrons. The molecule has 1 N–H and O–H groups in total. The van der Waals surface area contributed by atoms with Crippen molar-refractivity contribution in [2.24, 2.45) is 0 Å². The lowest BCUT2D eigenvalue weighted by Gasteiger charge is -2.20. The van der Waals surface area contributed by atoms with Crippen LogP contribution in [0.3, 0.4) is 0 Å². The van der Waals surface area contributed by atoms with Gasteiger partial charge in [-0.2, -0.15) is 16.9 Å². The number of rotatable bonds is 9. The fourth-order valence-corrected chi connectivity index (χ4v) is 2.65. The molecule has 1 unspecified atom stereocenters. The van der Waals surface area contributed by atoms with Crippen LogP contribution in [0.5, 0.6) is 0 Å². The zero-order chi connectivity index (χ0) is 13.4. The van der Waals surface area contributed by atoms with E-state index in [0.29, 0.717) is 17.9 Å². The fraction of sp³-hybridized carbons (Fsp3) is 0.769. The molecule has 0 aliphatic carbocycles. The van der Waals surface area contributed by atoms with E-state index in [1.165, 1.54) is 5.69 Å². The van der Waals surface area contributed by atoms with Crippen molar-refractivity contribution in [3.8, 4) is 0 Å². The summed E-state index contributed by atoms with van der Waals surface area (Å²) in [6.45, 7) is 9.09. The standard InChI is InChI=1S/C13H25N3OS/c1-5-14-12(10-18-11(2)3)13-6-7-15-16(13)8-9-17-4/h6-7,11-12,14H,5,8-10H2,1-4H3. The second kappa shape index (κ2) is 8.56. The summed E-state index contributed by atoms with van der Waals surface area (Å²) in [6, 6.07) is 2.46. The van der Waals surface area contributed by atoms with Gasteiger partial charge in [0.05, 0.1) is 24.9 Å². The molecule has 1 rings (SSSR count). The Labute approximate surface area is 114 Å². The Morgan fingerprint density at radius 1 is 1.50 bits per heavy atom. The smallest absolute Gasteiger partial charge is 0.0659 e. The molecule has 5 heteroatoms. The molecular formula is C13H25N3OS. The Balaban J connectivity index is 2.68. The van der Waals surface area contributed by atoms with Gasteiger partial charge in [-0.1, -0.05) is 20.8 Å². The van der Waals surface area contributed by atoms with Crippen molar-refractivity contribution in [2.45, 2.75) is 38.6 Å². The molecule has 1 atom stereocenters. The number of nitrogens with one attached hydrogen (secondary N) is 1. The minimum Gasteiger partial charge on any atom is -0.383 e. The Bertz CT molecular complexity index is 328. The minimum absolute atomic E-state index is 0.363. The van der Waals surface area contributed by atoms with E-state index in [1.54, 1.807) is 7.11 Å². The van der Waals surface area contributed by atoms with E-state index in [0.717, 1.165) is 18.8 Å². The highest BCUT2D eigenvalue weighted by molar-refractivity contribution is 7.99. The molecule has 0 aromatic carbocycles. The van der Waals surface area contributed by atoms with E-state index >= 15 is 0 Å². The SMILES string of the molecule is CCNC(CSC(C)C)c1ccnn1CCOC. The molecule has 0 bridgehead atoms. The number of methoxy groups -OCH3 is 1. The number of thioether (sulfide) groups is 1. The molecule has 4 nitrogen and oxygen atoms in total. The first-order valence-electron chi connectivity index (χ1n) is 6.54. The number of aromatic nitrogens is 2. The number of hydrogen-bond acceptors (Lipinski definition) is 4. The van der Waals surface area contributed by atoms with Crippen LogP contribution in [0.1, 0.15) is 32.5 Å². The highest BCUT2D eigenvalue weighted by Crippen LogP contribution is 2.21. The van der Waals surface area contributed by atoms with Gasteiger partial charge in [-0.05, 0) is 17.9 Å². The third-order valence-corrected chi connectivity index (χ3v) is 3.85. The van der Waals surface area contributed by atoms with Crippen molar-refractivity contribution < 1.29 is 4.74 Å². The summed E-state index contributed by atoms with van der Waals surface area (Å²) >= 11 is 1.98. The van der Waals surface area contributed by atoms with Gasteiger partial charge in [0.15, 0.2) is 0 Å². The summed E-state index contributed by atoms with van der Waals surface area (Å²) in [6.07, 6.45) is 1.87. The largest absolute Gasteiger partial charge is 0.383 e. The van der Waals surface area contributed by atoms with E-state index < -0.39 is 0 Å². The lowest BCUT2D eigenvalue weighted by molar-refractivity contribution is 0.182. The first kappa shape index (κ1) is 15.5. The lowest BCUT2D eigenvalue weighted by Crippen LogP contribution is -2.26. The Kier molecular flexibility index (Phi) is 7.39. The third kappa shape index (κ3) is 5.00. The molecule has 0 fully saturated rings. The number of ether oxygens (including phenoxy) is 1. The van der Waals surface area contributed by atoms with Gasteiger partial charge < -0.3 is 10.1 Å². The average molecular weight is 271 g/mol. The van der Waals surface area contributed by atoms with Crippen molar-refractivity contribution in [1.29, 1.82) is 0 Å². The van der Waals surface area contributed by atoms with Gasteiger partial charge in [0.1, 0.15) is 0 Å². The quantitative estimate of drug-likeness (QED) is 0.748. The van der Waals surface area contributed by atoms with E-state index in [-0.39, 0.29) is 0 Å². The predicted octanol–water partition coefficient (Wildman–Crippen LogP) is 2.32. The van der Waals surface area contributed by atoms with Crippen molar-refractivity contribution >= 4 is 11.8 Å². The summed E-state index contributed by atoms with van der Waals surface area (Å²) in [4.78, 5) is 0. The summed E-state index contributed by atoms with van der Waals surface area (Å²) in [5.41, 5.74) is 1.25. The average Bonchev–Trinajstić information content (AvgIpc) is 2.79. The summed E-state index contributed by atoms with van der Waals surface area (Å²) in [5, 5.41) is 8.56. The van der Waals surface area contributed by atoms with Crippen LogP contribution >= 0.6 is 11.8 Å². The second-order valence-electron chi connectivity index (χ2n) is 4.46. The molecule has 1 aromatic rings. The summed E-state index contributed by atoms with van der Waals surface area (Å²) < 4.78 is 7.16. The van der Waals surface area contributed by atoms with Gasteiger partial charge in [-0.15, -0.1) is 0 Å². The van der Waals surface area contributed by atoms with Crippen LogP contribution in [0.25, 0.3) is 0 Å². The normalized spacial score (nSPS) is 13.2. The number of nitrogens with zero attached hydrogens (tertiary/aromatic N) is 2. The monoisotopic (exact) mass is 271 g/mol. The Morgan fingerprint density at radius 3 is 2.89 bits per heavy atom. The topological polar surface area (TPSA) is 39.1 Å². The molecular weight excluding hydrogens is 246 g/mol. The van der Waals surface area contributed by atoms with Crippen LogP contribution in [-0.4, -0.2) is 41.0 Å². The fourth-order valence-electron chi connectivity index (χ4n) is 1.79. The summed E-state index contributed by atoms with van der Waals surface area (Å²) in [5.74, 6) is 1.07. The molecule has 1 heterocycles. The van der Waals surface area contributed by atoms with E-state index in [4.69, 9.17) is 4.74 Å². The maximum atomic E-state index is 5.12. The van der Waals surface area contributed by atoms with Gasteiger partial charge in [-0.25, -0.2) is 0 Å². The summed E-state index contributed by atoms with van der Waals surface area (Å²) in [7, 11) is 1.72. The van der Waals surface area contributed by atoms with Crippen LogP contribution in [0.15, 0.2) is 12.3 Å². The highest BCUT2D eigenvalue weighted by Gasteiger charge is 2.15. The number of hydrogen-bond donors (Lipinski definition) is 1. The van der Waals surface area contributed by atoms with Crippen molar-refractivity contribution in [3.63, 3.8) is 0 Å².